The van der Waals surface area contributed by atoms with Crippen LogP contribution in [0.5, 0.6) is 0 Å². The summed E-state index contributed by atoms with van der Waals surface area (Å²) >= 11 is 0. The fraction of sp³-hybridized carbons (Fsp3) is 0.0426. The van der Waals surface area contributed by atoms with E-state index in [-0.39, 0.29) is 5.92 Å². The lowest BCUT2D eigenvalue weighted by molar-refractivity contribution is 0.669. The number of hydrogen-bond donors (Lipinski definition) is 0. The van der Waals surface area contributed by atoms with Gasteiger partial charge in [0.2, 0.25) is 0 Å². The van der Waals surface area contributed by atoms with Crippen LogP contribution in [-0.4, -0.2) is 15.0 Å². The van der Waals surface area contributed by atoms with Crippen molar-refractivity contribution in [3.8, 4) is 33.9 Å². The molecule has 0 saturated heterocycles. The van der Waals surface area contributed by atoms with Gasteiger partial charge in [0.25, 0.3) is 0 Å². The van der Waals surface area contributed by atoms with E-state index in [1.807, 2.05) is 48.5 Å². The van der Waals surface area contributed by atoms with E-state index >= 15 is 0 Å². The molecule has 5 nitrogen and oxygen atoms in total. The third-order valence-electron chi connectivity index (χ3n) is 10.4. The van der Waals surface area contributed by atoms with Crippen molar-refractivity contribution < 1.29 is 8.83 Å². The molecule has 0 saturated carbocycles. The standard InChI is InChI=1S/C47H29N3O2/c1-2-13-29(14-3-1)45-48-46(32-25-24-28-12-4-5-15-30(28)26-32)50-47(49-45)36-20-11-23-40-43(36)42-34(19-10-22-39(42)51-40)37-27-31-16-6-7-17-33(31)44-41(37)35-18-8-9-21-38(35)52-44/h1-25,27,32H,26H2. The van der Waals surface area contributed by atoms with Crippen LogP contribution in [0.3, 0.4) is 0 Å². The highest BCUT2D eigenvalue weighted by molar-refractivity contribution is 6.25. The van der Waals surface area contributed by atoms with Gasteiger partial charge in [0.15, 0.2) is 11.6 Å². The average Bonchev–Trinajstić information content (AvgIpc) is 3.80. The summed E-state index contributed by atoms with van der Waals surface area (Å²) < 4.78 is 13.2. The Kier molecular flexibility index (Phi) is 6.31. The minimum atomic E-state index is 0.00947. The number of rotatable bonds is 4. The average molecular weight is 668 g/mol. The van der Waals surface area contributed by atoms with E-state index in [0.29, 0.717) is 11.6 Å². The van der Waals surface area contributed by atoms with Crippen LogP contribution in [0.2, 0.25) is 0 Å². The van der Waals surface area contributed by atoms with Gasteiger partial charge in [-0.25, -0.2) is 15.0 Å². The lowest BCUT2D eigenvalue weighted by Gasteiger charge is -2.19. The minimum Gasteiger partial charge on any atom is -0.456 e. The quantitative estimate of drug-likeness (QED) is 0.187. The minimum absolute atomic E-state index is 0.00947. The van der Waals surface area contributed by atoms with Gasteiger partial charge in [0, 0.05) is 44.0 Å². The maximum atomic E-state index is 6.64. The van der Waals surface area contributed by atoms with E-state index in [1.165, 1.54) is 11.1 Å². The fourth-order valence-electron chi connectivity index (χ4n) is 8.03. The lowest BCUT2D eigenvalue weighted by Crippen LogP contribution is -2.12. The Hall–Kier alpha value is -6.85. The zero-order valence-corrected chi connectivity index (χ0v) is 28.0. The number of nitrogens with zero attached hydrogens (tertiary/aromatic N) is 3. The summed E-state index contributed by atoms with van der Waals surface area (Å²) in [6.45, 7) is 0. The molecule has 52 heavy (non-hydrogen) atoms. The van der Waals surface area contributed by atoms with Crippen molar-refractivity contribution in [2.45, 2.75) is 12.3 Å². The molecule has 1 unspecified atom stereocenters. The number of fused-ring (bicyclic) bond motifs is 9. The first-order valence-corrected chi connectivity index (χ1v) is 17.6. The Balaban J connectivity index is 1.19. The number of allylic oxidation sites excluding steroid dienone is 1. The van der Waals surface area contributed by atoms with E-state index < -0.39 is 0 Å². The Morgan fingerprint density at radius 3 is 2.08 bits per heavy atom. The van der Waals surface area contributed by atoms with Crippen molar-refractivity contribution in [1.82, 2.24) is 15.0 Å². The van der Waals surface area contributed by atoms with Crippen molar-refractivity contribution in [3.05, 3.63) is 169 Å². The van der Waals surface area contributed by atoms with E-state index in [0.717, 1.165) is 89.1 Å². The van der Waals surface area contributed by atoms with Gasteiger partial charge >= 0.3 is 0 Å². The highest BCUT2D eigenvalue weighted by Gasteiger charge is 2.25. The highest BCUT2D eigenvalue weighted by atomic mass is 16.3. The summed E-state index contributed by atoms with van der Waals surface area (Å²) in [6.07, 6.45) is 5.24. The van der Waals surface area contributed by atoms with Gasteiger partial charge in [-0.2, -0.15) is 0 Å². The van der Waals surface area contributed by atoms with Crippen molar-refractivity contribution in [2.75, 3.05) is 0 Å². The zero-order chi connectivity index (χ0) is 34.2. The van der Waals surface area contributed by atoms with E-state index in [4.69, 9.17) is 23.8 Å². The van der Waals surface area contributed by atoms with Crippen LogP contribution in [-0.2, 0) is 6.42 Å². The predicted octanol–water partition coefficient (Wildman–Crippen LogP) is 12.2. The molecule has 0 N–H and O–H groups in total. The second-order valence-corrected chi connectivity index (χ2v) is 13.5. The summed E-state index contributed by atoms with van der Waals surface area (Å²) in [5.41, 5.74) is 9.88. The van der Waals surface area contributed by atoms with E-state index in [9.17, 15) is 0 Å². The first kappa shape index (κ1) is 28.9. The summed E-state index contributed by atoms with van der Waals surface area (Å²) in [7, 11) is 0. The zero-order valence-electron chi connectivity index (χ0n) is 28.0. The van der Waals surface area contributed by atoms with Gasteiger partial charge in [-0.15, -0.1) is 0 Å². The summed E-state index contributed by atoms with van der Waals surface area (Å²) in [4.78, 5) is 15.5. The highest BCUT2D eigenvalue weighted by Crippen LogP contribution is 2.46. The molecule has 3 aromatic heterocycles. The Labute approximate surface area is 298 Å². The molecule has 0 spiro atoms. The third kappa shape index (κ3) is 4.46. The smallest absolute Gasteiger partial charge is 0.164 e. The predicted molar refractivity (Wildman–Crippen MR) is 210 cm³/mol. The normalized spacial score (nSPS) is 14.2. The van der Waals surface area contributed by atoms with Crippen LogP contribution in [0.25, 0.3) is 94.6 Å². The monoisotopic (exact) mass is 667 g/mol. The van der Waals surface area contributed by atoms with Crippen LogP contribution in [0.15, 0.2) is 161 Å². The SMILES string of the molecule is C1=CC(c2nc(-c3ccccc3)nc(-c3cccc4oc5cccc(-c6cc7ccccc7c7oc8ccccc8c67)c5c34)n2)Cc2ccccc21. The van der Waals surface area contributed by atoms with Crippen LogP contribution in [0, 0.1) is 0 Å². The molecule has 11 rings (SSSR count). The molecular formula is C47H29N3O2. The Bertz CT molecular complexity index is 3060. The van der Waals surface area contributed by atoms with Crippen molar-refractivity contribution in [3.63, 3.8) is 0 Å². The number of aromatic nitrogens is 3. The lowest BCUT2D eigenvalue weighted by atomic mass is 9.89. The second-order valence-electron chi connectivity index (χ2n) is 13.5. The molecule has 1 aliphatic carbocycles. The molecule has 244 valence electrons. The topological polar surface area (TPSA) is 65.0 Å². The molecule has 3 heterocycles. The van der Waals surface area contributed by atoms with Gasteiger partial charge in [-0.05, 0) is 58.3 Å². The van der Waals surface area contributed by atoms with Crippen LogP contribution < -0.4 is 0 Å². The first-order valence-electron chi connectivity index (χ1n) is 17.6. The molecule has 10 aromatic rings. The Morgan fingerprint density at radius 2 is 1.19 bits per heavy atom. The molecule has 1 atom stereocenters. The molecule has 0 bridgehead atoms. The summed E-state index contributed by atoms with van der Waals surface area (Å²) in [5, 5.41) is 6.37. The fourth-order valence-corrected chi connectivity index (χ4v) is 8.03. The maximum Gasteiger partial charge on any atom is 0.164 e. The van der Waals surface area contributed by atoms with Crippen molar-refractivity contribution in [2.24, 2.45) is 0 Å². The van der Waals surface area contributed by atoms with E-state index in [2.05, 4.69) is 109 Å². The van der Waals surface area contributed by atoms with Gasteiger partial charge in [-0.3, -0.25) is 0 Å². The molecule has 0 aliphatic heterocycles. The van der Waals surface area contributed by atoms with Gasteiger partial charge in [0.1, 0.15) is 28.2 Å². The molecule has 0 fully saturated rings. The second kappa shape index (κ2) is 11.3. The van der Waals surface area contributed by atoms with Gasteiger partial charge in [0.05, 0.1) is 0 Å². The third-order valence-corrected chi connectivity index (χ3v) is 10.4. The van der Waals surface area contributed by atoms with Crippen LogP contribution in [0.4, 0.5) is 0 Å². The van der Waals surface area contributed by atoms with Gasteiger partial charge in [-0.1, -0.05) is 133 Å². The molecule has 5 heteroatoms. The molecule has 0 amide bonds. The largest absolute Gasteiger partial charge is 0.456 e. The van der Waals surface area contributed by atoms with Crippen LogP contribution in [0.1, 0.15) is 22.9 Å². The number of para-hydroxylation sites is 1. The van der Waals surface area contributed by atoms with E-state index in [1.54, 1.807) is 0 Å². The Morgan fingerprint density at radius 1 is 0.500 bits per heavy atom. The number of furan rings is 2. The van der Waals surface area contributed by atoms with Gasteiger partial charge < -0.3 is 8.83 Å². The van der Waals surface area contributed by atoms with Crippen LogP contribution >= 0.6 is 0 Å². The maximum absolute atomic E-state index is 6.64. The molecular weight excluding hydrogens is 639 g/mol. The summed E-state index contributed by atoms with van der Waals surface area (Å²) in [5.74, 6) is 2.03. The molecule has 1 aliphatic rings. The number of hydrogen-bond acceptors (Lipinski definition) is 5. The first-order chi connectivity index (χ1) is 25.8. The summed E-state index contributed by atoms with van der Waals surface area (Å²) in [6, 6.07) is 50.2. The molecule has 0 radical (unpaired) electrons. The molecule has 7 aromatic carbocycles. The number of benzene rings is 7. The van der Waals surface area contributed by atoms with Crippen molar-refractivity contribution >= 4 is 60.7 Å². The van der Waals surface area contributed by atoms with Crippen molar-refractivity contribution in [1.29, 1.82) is 0 Å².